The van der Waals surface area contributed by atoms with E-state index in [1.807, 2.05) is 12.1 Å². The lowest BCUT2D eigenvalue weighted by Gasteiger charge is -2.18. The summed E-state index contributed by atoms with van der Waals surface area (Å²) in [7, 11) is 2.13. The van der Waals surface area contributed by atoms with Crippen molar-refractivity contribution >= 4 is 34.4 Å². The molecule has 0 atom stereocenters. The first kappa shape index (κ1) is 23.1. The highest BCUT2D eigenvalue weighted by atomic mass is 32.2. The van der Waals surface area contributed by atoms with E-state index in [9.17, 15) is 8.99 Å². The van der Waals surface area contributed by atoms with Crippen LogP contribution in [0.25, 0.3) is 27.7 Å². The molecule has 35 heavy (non-hydrogen) atoms. The molecule has 0 saturated carbocycles. The normalized spacial score (nSPS) is 11.5. The number of aromatic hydroxyl groups is 1. The maximum Gasteiger partial charge on any atom is 0.174 e. The first-order valence-electron chi connectivity index (χ1n) is 11.5. The Morgan fingerprint density at radius 1 is 1.06 bits per heavy atom. The largest absolute Gasteiger partial charge is 0.507 e. The number of hydrogen-bond acceptors (Lipinski definition) is 6. The number of nitrogens with one attached hydrogen (secondary N) is 1. The molecule has 0 spiro atoms. The molecule has 0 aliphatic carbocycles. The van der Waals surface area contributed by atoms with E-state index < -0.39 is 0 Å². The fraction of sp³-hybridized carbons (Fsp3) is 0.185. The van der Waals surface area contributed by atoms with E-state index in [2.05, 4.69) is 69.8 Å². The van der Waals surface area contributed by atoms with Crippen molar-refractivity contribution in [3.63, 3.8) is 0 Å². The summed E-state index contributed by atoms with van der Waals surface area (Å²) in [6.45, 7) is 2.48. The Bertz CT molecular complexity index is 1470. The summed E-state index contributed by atoms with van der Waals surface area (Å²) < 4.78 is 15.1. The lowest BCUT2D eigenvalue weighted by molar-refractivity contribution is 0.326. The van der Waals surface area contributed by atoms with Crippen LogP contribution < -0.4 is 5.32 Å². The van der Waals surface area contributed by atoms with Gasteiger partial charge < -0.3 is 15.3 Å². The number of phenolic OH excluding ortho intramolecular Hbond substituents is 1. The molecule has 5 aromatic rings. The van der Waals surface area contributed by atoms with Crippen LogP contribution in [0.1, 0.15) is 12.0 Å². The lowest BCUT2D eigenvalue weighted by Crippen LogP contribution is -2.21. The highest BCUT2D eigenvalue weighted by Crippen LogP contribution is 2.32. The molecule has 2 aromatic heterocycles. The summed E-state index contributed by atoms with van der Waals surface area (Å²) in [5.41, 5.74) is 2.87. The minimum Gasteiger partial charge on any atom is -0.507 e. The van der Waals surface area contributed by atoms with Gasteiger partial charge in [0.05, 0.1) is 24.0 Å². The molecular weight excluding hydrogens is 461 g/mol. The Morgan fingerprint density at radius 2 is 1.86 bits per heavy atom. The quantitative estimate of drug-likeness (QED) is 0.243. The maximum absolute atomic E-state index is 13.5. The van der Waals surface area contributed by atoms with Crippen LogP contribution in [-0.4, -0.2) is 44.7 Å². The third-order valence-electron chi connectivity index (χ3n) is 6.05. The molecule has 5 rings (SSSR count). The van der Waals surface area contributed by atoms with E-state index in [0.29, 0.717) is 34.2 Å². The SMILES string of the molecule is CN(CCCNc1cc(-c2ccccc2O)nc2c(SF)cnn12)Cc1cccc2ccccc12. The van der Waals surface area contributed by atoms with Crippen LogP contribution in [-0.2, 0) is 6.54 Å². The van der Waals surface area contributed by atoms with Gasteiger partial charge in [-0.25, -0.2) is 4.98 Å². The monoisotopic (exact) mass is 487 g/mol. The summed E-state index contributed by atoms with van der Waals surface area (Å²) in [4.78, 5) is 7.20. The molecule has 0 saturated heterocycles. The Labute approximate surface area is 207 Å². The van der Waals surface area contributed by atoms with Gasteiger partial charge in [0, 0.05) is 24.7 Å². The molecule has 178 valence electrons. The van der Waals surface area contributed by atoms with E-state index in [1.54, 1.807) is 22.7 Å². The predicted octanol–water partition coefficient (Wildman–Crippen LogP) is 6.17. The molecule has 0 radical (unpaired) electrons. The second-order valence-electron chi connectivity index (χ2n) is 8.52. The average molecular weight is 488 g/mol. The molecule has 0 amide bonds. The van der Waals surface area contributed by atoms with Crippen molar-refractivity contribution in [3.8, 4) is 17.0 Å². The van der Waals surface area contributed by atoms with Gasteiger partial charge in [0.1, 0.15) is 16.5 Å². The molecular formula is C27H26FN5OS. The van der Waals surface area contributed by atoms with Gasteiger partial charge in [-0.15, -0.1) is 0 Å². The zero-order valence-corrected chi connectivity index (χ0v) is 20.2. The molecule has 2 N–H and O–H groups in total. The molecule has 0 fully saturated rings. The van der Waals surface area contributed by atoms with Gasteiger partial charge in [-0.05, 0) is 48.5 Å². The van der Waals surface area contributed by atoms with Crippen LogP contribution in [0.5, 0.6) is 5.75 Å². The summed E-state index contributed by atoms with van der Waals surface area (Å²) >= 11 is 0.113. The number of phenols is 1. The van der Waals surface area contributed by atoms with Crippen LogP contribution in [0.2, 0.25) is 0 Å². The molecule has 2 heterocycles. The van der Waals surface area contributed by atoms with E-state index in [-0.39, 0.29) is 17.9 Å². The maximum atomic E-state index is 13.5. The summed E-state index contributed by atoms with van der Waals surface area (Å²) in [5.74, 6) is 0.824. The van der Waals surface area contributed by atoms with Crippen molar-refractivity contribution in [2.45, 2.75) is 17.9 Å². The zero-order valence-electron chi connectivity index (χ0n) is 19.4. The topological polar surface area (TPSA) is 65.7 Å². The first-order valence-corrected chi connectivity index (χ1v) is 12.2. The van der Waals surface area contributed by atoms with Crippen molar-refractivity contribution in [2.75, 3.05) is 25.5 Å². The molecule has 3 aromatic carbocycles. The van der Waals surface area contributed by atoms with Crippen molar-refractivity contribution in [2.24, 2.45) is 0 Å². The van der Waals surface area contributed by atoms with E-state index in [4.69, 9.17) is 0 Å². The summed E-state index contributed by atoms with van der Waals surface area (Å²) in [6, 6.07) is 23.7. The number of rotatable bonds is 9. The molecule has 0 aliphatic heterocycles. The molecule has 0 bridgehead atoms. The van der Waals surface area contributed by atoms with Gasteiger partial charge in [0.2, 0.25) is 0 Å². The average Bonchev–Trinajstić information content (AvgIpc) is 3.30. The summed E-state index contributed by atoms with van der Waals surface area (Å²) in [6.07, 6.45) is 2.37. The first-order chi connectivity index (χ1) is 17.1. The number of nitrogens with zero attached hydrogens (tertiary/aromatic N) is 4. The second kappa shape index (κ2) is 10.3. The van der Waals surface area contributed by atoms with Crippen LogP contribution in [0, 0.1) is 0 Å². The number of aromatic nitrogens is 3. The zero-order chi connectivity index (χ0) is 24.2. The third-order valence-corrected chi connectivity index (χ3v) is 6.50. The van der Waals surface area contributed by atoms with Crippen LogP contribution in [0.4, 0.5) is 9.70 Å². The minimum absolute atomic E-state index is 0.113. The number of benzene rings is 3. The Hall–Kier alpha value is -3.62. The smallest absolute Gasteiger partial charge is 0.174 e. The second-order valence-corrected chi connectivity index (χ2v) is 9.12. The van der Waals surface area contributed by atoms with E-state index in [1.165, 1.54) is 22.5 Å². The van der Waals surface area contributed by atoms with Crippen LogP contribution >= 0.6 is 12.1 Å². The van der Waals surface area contributed by atoms with Gasteiger partial charge in [-0.2, -0.15) is 13.5 Å². The van der Waals surface area contributed by atoms with Crippen LogP contribution in [0.15, 0.2) is 83.9 Å². The van der Waals surface area contributed by atoms with Crippen molar-refractivity contribution in [1.29, 1.82) is 0 Å². The number of fused-ring (bicyclic) bond motifs is 2. The standard InChI is InChI=1S/C27H26FN5OS/c1-32(18-20-10-6-9-19-8-2-3-11-21(19)20)15-7-14-29-26-16-23(22-12-4-5-13-24(22)34)31-27-25(35-28)17-30-33(26)27/h2-6,8-13,16-17,29,34H,7,14-15,18H2,1H3. The van der Waals surface area contributed by atoms with Gasteiger partial charge in [-0.1, -0.05) is 54.6 Å². The van der Waals surface area contributed by atoms with Crippen molar-refractivity contribution < 1.29 is 8.99 Å². The molecule has 6 nitrogen and oxygen atoms in total. The van der Waals surface area contributed by atoms with Gasteiger partial charge >= 0.3 is 0 Å². The summed E-state index contributed by atoms with van der Waals surface area (Å²) in [5, 5.41) is 20.6. The third kappa shape index (κ3) is 4.94. The van der Waals surface area contributed by atoms with Crippen LogP contribution in [0.3, 0.4) is 0 Å². The number of anilines is 1. The van der Waals surface area contributed by atoms with E-state index in [0.717, 1.165) is 19.5 Å². The van der Waals surface area contributed by atoms with Gasteiger partial charge in [0.15, 0.2) is 5.65 Å². The number of hydrogen-bond donors (Lipinski definition) is 2. The Balaban J connectivity index is 1.28. The van der Waals surface area contributed by atoms with Crippen molar-refractivity contribution in [1.82, 2.24) is 19.5 Å². The lowest BCUT2D eigenvalue weighted by atomic mass is 10.0. The fourth-order valence-corrected chi connectivity index (χ4v) is 4.61. The number of halogens is 1. The predicted molar refractivity (Wildman–Crippen MR) is 140 cm³/mol. The van der Waals surface area contributed by atoms with Crippen molar-refractivity contribution in [3.05, 3.63) is 84.6 Å². The Morgan fingerprint density at radius 3 is 2.71 bits per heavy atom. The molecule has 0 aliphatic rings. The van der Waals surface area contributed by atoms with Gasteiger partial charge in [0.25, 0.3) is 0 Å². The molecule has 0 unspecified atom stereocenters. The minimum atomic E-state index is 0.113. The number of para-hydroxylation sites is 1. The highest BCUT2D eigenvalue weighted by Gasteiger charge is 2.15. The molecule has 8 heteroatoms. The highest BCUT2D eigenvalue weighted by molar-refractivity contribution is 7.94. The fourth-order valence-electron chi connectivity index (χ4n) is 4.32. The Kier molecular flexibility index (Phi) is 6.83. The van der Waals surface area contributed by atoms with E-state index >= 15 is 0 Å². The van der Waals surface area contributed by atoms with Gasteiger partial charge in [-0.3, -0.25) is 0 Å².